The van der Waals surface area contributed by atoms with Crippen LogP contribution in [-0.2, 0) is 5.41 Å². The van der Waals surface area contributed by atoms with E-state index in [2.05, 4.69) is 30.9 Å². The summed E-state index contributed by atoms with van der Waals surface area (Å²) < 4.78 is 1.80. The maximum atomic E-state index is 5.70. The lowest BCUT2D eigenvalue weighted by Gasteiger charge is -2.11. The molecule has 0 saturated carbocycles. The second-order valence-corrected chi connectivity index (χ2v) is 5.61. The molecule has 0 radical (unpaired) electrons. The highest BCUT2D eigenvalue weighted by Crippen LogP contribution is 2.21. The SMILES string of the molecule is Cc1ccc(C(N)=S)c2nc(C(C)(C)C)nn12. The van der Waals surface area contributed by atoms with Gasteiger partial charge in [-0.25, -0.2) is 9.50 Å². The van der Waals surface area contributed by atoms with E-state index in [0.29, 0.717) is 4.99 Å². The minimum absolute atomic E-state index is 0.0913. The molecule has 0 saturated heterocycles. The van der Waals surface area contributed by atoms with Gasteiger partial charge in [-0.05, 0) is 19.1 Å². The third kappa shape index (κ3) is 2.02. The fourth-order valence-electron chi connectivity index (χ4n) is 1.59. The molecule has 0 bridgehead atoms. The Morgan fingerprint density at radius 1 is 1.35 bits per heavy atom. The zero-order valence-corrected chi connectivity index (χ0v) is 11.3. The maximum absolute atomic E-state index is 5.70. The quantitative estimate of drug-likeness (QED) is 0.784. The van der Waals surface area contributed by atoms with Crippen LogP contribution in [0.5, 0.6) is 0 Å². The Morgan fingerprint density at radius 3 is 2.53 bits per heavy atom. The van der Waals surface area contributed by atoms with Crippen LogP contribution in [0.3, 0.4) is 0 Å². The fraction of sp³-hybridized carbons (Fsp3) is 0.417. The summed E-state index contributed by atoms with van der Waals surface area (Å²) in [5.41, 5.74) is 8.13. The lowest BCUT2D eigenvalue weighted by molar-refractivity contribution is 0.544. The largest absolute Gasteiger partial charge is 0.389 e. The second kappa shape index (κ2) is 3.77. The van der Waals surface area contributed by atoms with Crippen LogP contribution in [0.4, 0.5) is 0 Å². The number of fused-ring (bicyclic) bond motifs is 1. The first-order chi connectivity index (χ1) is 7.80. The first-order valence-corrected chi connectivity index (χ1v) is 5.88. The van der Waals surface area contributed by atoms with E-state index in [1.165, 1.54) is 0 Å². The summed E-state index contributed by atoms with van der Waals surface area (Å²) in [5.74, 6) is 0.796. The molecule has 2 aromatic rings. The monoisotopic (exact) mass is 248 g/mol. The molecule has 2 rings (SSSR count). The van der Waals surface area contributed by atoms with E-state index in [1.54, 1.807) is 4.52 Å². The van der Waals surface area contributed by atoms with Crippen molar-refractivity contribution in [2.75, 3.05) is 0 Å². The molecule has 2 aromatic heterocycles. The van der Waals surface area contributed by atoms with Gasteiger partial charge in [-0.15, -0.1) is 0 Å². The molecule has 0 atom stereocenters. The third-order valence-electron chi connectivity index (χ3n) is 2.61. The zero-order chi connectivity index (χ0) is 12.8. The minimum atomic E-state index is -0.0913. The van der Waals surface area contributed by atoms with E-state index in [0.717, 1.165) is 22.7 Å². The molecule has 0 spiro atoms. The van der Waals surface area contributed by atoms with Crippen molar-refractivity contribution in [3.05, 3.63) is 29.2 Å². The summed E-state index contributed by atoms with van der Waals surface area (Å²) in [5, 5.41) is 4.52. The number of thiocarbonyl (C=S) groups is 1. The first kappa shape index (κ1) is 12.0. The van der Waals surface area contributed by atoms with E-state index in [4.69, 9.17) is 18.0 Å². The van der Waals surface area contributed by atoms with Crippen LogP contribution in [0.2, 0.25) is 0 Å². The smallest absolute Gasteiger partial charge is 0.166 e. The lowest BCUT2D eigenvalue weighted by Crippen LogP contribution is -2.13. The van der Waals surface area contributed by atoms with Crippen LogP contribution < -0.4 is 5.73 Å². The van der Waals surface area contributed by atoms with Crippen molar-refractivity contribution in [1.82, 2.24) is 14.6 Å². The molecule has 5 heteroatoms. The number of hydrogen-bond acceptors (Lipinski definition) is 3. The predicted molar refractivity (Wildman–Crippen MR) is 72.3 cm³/mol. The Labute approximate surface area is 106 Å². The highest BCUT2D eigenvalue weighted by molar-refractivity contribution is 7.80. The van der Waals surface area contributed by atoms with Gasteiger partial charge in [0.2, 0.25) is 0 Å². The third-order valence-corrected chi connectivity index (χ3v) is 2.83. The standard InChI is InChI=1S/C12H16N4S/c1-7-5-6-8(9(13)17)10-14-11(12(2,3)4)15-16(7)10/h5-6H,1-4H3,(H2,13,17). The van der Waals surface area contributed by atoms with Crippen LogP contribution in [0.15, 0.2) is 12.1 Å². The molecule has 0 aliphatic heterocycles. The summed E-state index contributed by atoms with van der Waals surface area (Å²) in [7, 11) is 0. The Bertz CT molecular complexity index is 592. The Balaban J connectivity index is 2.79. The van der Waals surface area contributed by atoms with E-state index >= 15 is 0 Å². The maximum Gasteiger partial charge on any atom is 0.166 e. The Hall–Kier alpha value is -1.49. The van der Waals surface area contributed by atoms with E-state index in [-0.39, 0.29) is 5.41 Å². The summed E-state index contributed by atoms with van der Waals surface area (Å²) in [4.78, 5) is 4.90. The molecule has 17 heavy (non-hydrogen) atoms. The second-order valence-electron chi connectivity index (χ2n) is 5.17. The van der Waals surface area contributed by atoms with Gasteiger partial charge in [-0.3, -0.25) is 0 Å². The highest BCUT2D eigenvalue weighted by Gasteiger charge is 2.21. The zero-order valence-electron chi connectivity index (χ0n) is 10.5. The number of rotatable bonds is 1. The van der Waals surface area contributed by atoms with Crippen LogP contribution in [0.1, 0.15) is 37.9 Å². The Morgan fingerprint density at radius 2 is 2.00 bits per heavy atom. The van der Waals surface area contributed by atoms with Crippen molar-refractivity contribution in [2.24, 2.45) is 5.73 Å². The molecule has 0 aromatic carbocycles. The van der Waals surface area contributed by atoms with Gasteiger partial charge in [0.15, 0.2) is 11.5 Å². The molecule has 2 N–H and O–H groups in total. The van der Waals surface area contributed by atoms with Gasteiger partial charge >= 0.3 is 0 Å². The molecule has 0 amide bonds. The number of nitrogens with zero attached hydrogens (tertiary/aromatic N) is 3. The van der Waals surface area contributed by atoms with Gasteiger partial charge in [-0.2, -0.15) is 5.10 Å². The van der Waals surface area contributed by atoms with Gasteiger partial charge in [0.25, 0.3) is 0 Å². The predicted octanol–water partition coefficient (Wildman–Crippen LogP) is 1.97. The molecule has 0 unspecified atom stereocenters. The average molecular weight is 248 g/mol. The summed E-state index contributed by atoms with van der Waals surface area (Å²) in [6.07, 6.45) is 0. The molecular formula is C12H16N4S. The van der Waals surface area contributed by atoms with Gasteiger partial charge < -0.3 is 5.73 Å². The first-order valence-electron chi connectivity index (χ1n) is 5.47. The van der Waals surface area contributed by atoms with Crippen molar-refractivity contribution < 1.29 is 0 Å². The normalized spacial score (nSPS) is 12.0. The Kier molecular flexibility index (Phi) is 2.66. The van der Waals surface area contributed by atoms with Crippen molar-refractivity contribution in [2.45, 2.75) is 33.1 Å². The summed E-state index contributed by atoms with van der Waals surface area (Å²) in [6.45, 7) is 8.23. The van der Waals surface area contributed by atoms with Crippen molar-refractivity contribution in [3.8, 4) is 0 Å². The highest BCUT2D eigenvalue weighted by atomic mass is 32.1. The van der Waals surface area contributed by atoms with E-state index < -0.39 is 0 Å². The van der Waals surface area contributed by atoms with Gasteiger partial charge in [0, 0.05) is 11.1 Å². The molecule has 0 aliphatic rings. The number of aryl methyl sites for hydroxylation is 1. The molecule has 0 fully saturated rings. The molecule has 2 heterocycles. The van der Waals surface area contributed by atoms with Crippen molar-refractivity contribution in [1.29, 1.82) is 0 Å². The average Bonchev–Trinajstić information content (AvgIpc) is 2.62. The summed E-state index contributed by atoms with van der Waals surface area (Å²) in [6, 6.07) is 3.84. The van der Waals surface area contributed by atoms with E-state index in [9.17, 15) is 0 Å². The van der Waals surface area contributed by atoms with Gasteiger partial charge in [0.1, 0.15) is 4.99 Å². The fourth-order valence-corrected chi connectivity index (χ4v) is 1.75. The molecular weight excluding hydrogens is 232 g/mol. The molecule has 4 nitrogen and oxygen atoms in total. The van der Waals surface area contributed by atoms with Crippen molar-refractivity contribution >= 4 is 22.9 Å². The number of nitrogens with two attached hydrogens (primary N) is 1. The number of aromatic nitrogens is 3. The van der Waals surface area contributed by atoms with Crippen LogP contribution in [-0.4, -0.2) is 19.6 Å². The lowest BCUT2D eigenvalue weighted by atomic mass is 9.96. The molecule has 90 valence electrons. The minimum Gasteiger partial charge on any atom is -0.389 e. The van der Waals surface area contributed by atoms with Gasteiger partial charge in [0.05, 0.1) is 5.56 Å². The topological polar surface area (TPSA) is 56.2 Å². The molecule has 0 aliphatic carbocycles. The number of hydrogen-bond donors (Lipinski definition) is 1. The van der Waals surface area contributed by atoms with Crippen LogP contribution >= 0.6 is 12.2 Å². The number of pyridine rings is 1. The van der Waals surface area contributed by atoms with Crippen LogP contribution in [0.25, 0.3) is 5.65 Å². The summed E-state index contributed by atoms with van der Waals surface area (Å²) >= 11 is 5.03. The van der Waals surface area contributed by atoms with Gasteiger partial charge in [-0.1, -0.05) is 33.0 Å². The van der Waals surface area contributed by atoms with Crippen LogP contribution in [0, 0.1) is 6.92 Å². The van der Waals surface area contributed by atoms with E-state index in [1.807, 2.05) is 19.1 Å². The van der Waals surface area contributed by atoms with Crippen molar-refractivity contribution in [3.63, 3.8) is 0 Å².